The summed E-state index contributed by atoms with van der Waals surface area (Å²) in [6.45, 7) is 6.95. The van der Waals surface area contributed by atoms with Gasteiger partial charge in [-0.05, 0) is 30.0 Å². The van der Waals surface area contributed by atoms with Crippen molar-refractivity contribution in [1.82, 2.24) is 0 Å². The SMILES string of the molecule is CCCOC1C(=O)CC1Oc1cccc(C(C)C)c1. The molecule has 0 aliphatic heterocycles. The van der Waals surface area contributed by atoms with Crippen LogP contribution in [-0.2, 0) is 9.53 Å². The maximum Gasteiger partial charge on any atom is 0.169 e. The highest BCUT2D eigenvalue weighted by Crippen LogP contribution is 2.27. The first-order valence-electron chi connectivity index (χ1n) is 7.02. The van der Waals surface area contributed by atoms with Gasteiger partial charge in [0.15, 0.2) is 11.9 Å². The zero-order valence-corrected chi connectivity index (χ0v) is 11.9. The maximum atomic E-state index is 11.5. The lowest BCUT2D eigenvalue weighted by molar-refractivity contribution is -0.154. The first kappa shape index (κ1) is 14.1. The number of rotatable bonds is 6. The van der Waals surface area contributed by atoms with Crippen LogP contribution in [0.1, 0.15) is 45.1 Å². The Labute approximate surface area is 114 Å². The van der Waals surface area contributed by atoms with Crippen LogP contribution < -0.4 is 4.74 Å². The Morgan fingerprint density at radius 3 is 2.79 bits per heavy atom. The highest BCUT2D eigenvalue weighted by molar-refractivity contribution is 5.90. The van der Waals surface area contributed by atoms with Gasteiger partial charge in [0, 0.05) is 13.0 Å². The quantitative estimate of drug-likeness (QED) is 0.789. The minimum atomic E-state index is -0.373. The second-order valence-electron chi connectivity index (χ2n) is 5.35. The maximum absolute atomic E-state index is 11.5. The van der Waals surface area contributed by atoms with E-state index < -0.39 is 0 Å². The molecule has 104 valence electrons. The molecule has 0 heterocycles. The monoisotopic (exact) mass is 262 g/mol. The van der Waals surface area contributed by atoms with Gasteiger partial charge in [0.05, 0.1) is 0 Å². The number of hydrogen-bond acceptors (Lipinski definition) is 3. The van der Waals surface area contributed by atoms with E-state index in [0.717, 1.165) is 12.2 Å². The second kappa shape index (κ2) is 6.20. The summed E-state index contributed by atoms with van der Waals surface area (Å²) in [6.07, 6.45) is 0.878. The fourth-order valence-electron chi connectivity index (χ4n) is 2.14. The first-order valence-corrected chi connectivity index (χ1v) is 7.02. The zero-order chi connectivity index (χ0) is 13.8. The van der Waals surface area contributed by atoms with Gasteiger partial charge in [0.1, 0.15) is 11.9 Å². The number of carbonyl (C=O) groups excluding carboxylic acids is 1. The Bertz CT molecular complexity index is 439. The van der Waals surface area contributed by atoms with Crippen molar-refractivity contribution < 1.29 is 14.3 Å². The van der Waals surface area contributed by atoms with Crippen LogP contribution in [0.2, 0.25) is 0 Å². The van der Waals surface area contributed by atoms with Crippen molar-refractivity contribution in [2.45, 2.75) is 51.7 Å². The highest BCUT2D eigenvalue weighted by Gasteiger charge is 2.42. The average Bonchev–Trinajstić information content (AvgIpc) is 2.39. The number of hydrogen-bond donors (Lipinski definition) is 0. The molecule has 1 aliphatic carbocycles. The van der Waals surface area contributed by atoms with E-state index in [9.17, 15) is 4.79 Å². The van der Waals surface area contributed by atoms with Gasteiger partial charge in [-0.25, -0.2) is 0 Å². The molecule has 0 radical (unpaired) electrons. The lowest BCUT2D eigenvalue weighted by Gasteiger charge is -2.34. The summed E-state index contributed by atoms with van der Waals surface area (Å²) in [6, 6.07) is 8.07. The number of carbonyl (C=O) groups is 1. The molecule has 2 atom stereocenters. The molecule has 2 unspecified atom stereocenters. The molecule has 1 aromatic rings. The summed E-state index contributed by atoms with van der Waals surface area (Å²) < 4.78 is 11.4. The minimum Gasteiger partial charge on any atom is -0.487 e. The molecule has 0 amide bonds. The summed E-state index contributed by atoms with van der Waals surface area (Å²) in [4.78, 5) is 11.5. The van der Waals surface area contributed by atoms with Gasteiger partial charge in [-0.2, -0.15) is 0 Å². The third-order valence-corrected chi connectivity index (χ3v) is 3.37. The predicted octanol–water partition coefficient (Wildman–Crippen LogP) is 3.33. The van der Waals surface area contributed by atoms with Gasteiger partial charge >= 0.3 is 0 Å². The summed E-state index contributed by atoms with van der Waals surface area (Å²) in [5.41, 5.74) is 1.24. The normalized spacial score (nSPS) is 22.4. The first-order chi connectivity index (χ1) is 9.11. The molecule has 1 fully saturated rings. The van der Waals surface area contributed by atoms with E-state index in [1.165, 1.54) is 5.56 Å². The standard InChI is InChI=1S/C16H22O3/c1-4-8-18-16-14(17)10-15(16)19-13-7-5-6-12(9-13)11(2)3/h5-7,9,11,15-16H,4,8,10H2,1-3H3. The summed E-state index contributed by atoms with van der Waals surface area (Å²) in [5, 5.41) is 0. The van der Waals surface area contributed by atoms with Crippen LogP contribution in [0.15, 0.2) is 24.3 Å². The molecule has 0 spiro atoms. The molecule has 3 heteroatoms. The van der Waals surface area contributed by atoms with Crippen molar-refractivity contribution in [2.24, 2.45) is 0 Å². The Hall–Kier alpha value is -1.35. The molecular weight excluding hydrogens is 240 g/mol. The van der Waals surface area contributed by atoms with Crippen LogP contribution in [0, 0.1) is 0 Å². The summed E-state index contributed by atoms with van der Waals surface area (Å²) in [5.74, 6) is 1.45. The van der Waals surface area contributed by atoms with Crippen LogP contribution in [0.4, 0.5) is 0 Å². The topological polar surface area (TPSA) is 35.5 Å². The summed E-state index contributed by atoms with van der Waals surface area (Å²) >= 11 is 0. The fraction of sp³-hybridized carbons (Fsp3) is 0.562. The lowest BCUT2D eigenvalue weighted by atomic mass is 9.90. The van der Waals surface area contributed by atoms with E-state index in [2.05, 4.69) is 19.9 Å². The molecular formula is C16H22O3. The fourth-order valence-corrected chi connectivity index (χ4v) is 2.14. The van der Waals surface area contributed by atoms with Crippen LogP contribution in [0.5, 0.6) is 5.75 Å². The van der Waals surface area contributed by atoms with Crippen LogP contribution in [-0.4, -0.2) is 24.6 Å². The van der Waals surface area contributed by atoms with E-state index in [-0.39, 0.29) is 18.0 Å². The third kappa shape index (κ3) is 3.35. The van der Waals surface area contributed by atoms with Crippen molar-refractivity contribution in [1.29, 1.82) is 0 Å². The lowest BCUT2D eigenvalue weighted by Crippen LogP contribution is -2.52. The van der Waals surface area contributed by atoms with Gasteiger partial charge in [0.25, 0.3) is 0 Å². The molecule has 0 N–H and O–H groups in total. The molecule has 19 heavy (non-hydrogen) atoms. The van der Waals surface area contributed by atoms with E-state index >= 15 is 0 Å². The number of Topliss-reactive ketones (excluding diaryl/α,β-unsaturated/α-hetero) is 1. The predicted molar refractivity (Wildman–Crippen MR) is 74.6 cm³/mol. The average molecular weight is 262 g/mol. The molecule has 0 saturated heterocycles. The van der Waals surface area contributed by atoms with Crippen molar-refractivity contribution in [3.63, 3.8) is 0 Å². The smallest absolute Gasteiger partial charge is 0.169 e. The molecule has 0 bridgehead atoms. The van der Waals surface area contributed by atoms with E-state index in [0.29, 0.717) is 18.9 Å². The molecule has 0 aromatic heterocycles. The van der Waals surface area contributed by atoms with Gasteiger partial charge in [-0.15, -0.1) is 0 Å². The largest absolute Gasteiger partial charge is 0.487 e. The van der Waals surface area contributed by atoms with Crippen molar-refractivity contribution in [2.75, 3.05) is 6.61 Å². The van der Waals surface area contributed by atoms with Crippen LogP contribution >= 0.6 is 0 Å². The van der Waals surface area contributed by atoms with Crippen molar-refractivity contribution >= 4 is 5.78 Å². The van der Waals surface area contributed by atoms with E-state index in [1.807, 2.05) is 25.1 Å². The van der Waals surface area contributed by atoms with Crippen molar-refractivity contribution in [3.05, 3.63) is 29.8 Å². The number of benzene rings is 1. The molecule has 3 nitrogen and oxygen atoms in total. The zero-order valence-electron chi connectivity index (χ0n) is 11.9. The van der Waals surface area contributed by atoms with E-state index in [1.54, 1.807) is 0 Å². The van der Waals surface area contributed by atoms with E-state index in [4.69, 9.17) is 9.47 Å². The van der Waals surface area contributed by atoms with Gasteiger partial charge in [-0.3, -0.25) is 4.79 Å². The minimum absolute atomic E-state index is 0.124. The van der Waals surface area contributed by atoms with Gasteiger partial charge in [-0.1, -0.05) is 32.9 Å². The van der Waals surface area contributed by atoms with Crippen molar-refractivity contribution in [3.8, 4) is 5.75 Å². The third-order valence-electron chi connectivity index (χ3n) is 3.37. The number of ether oxygens (including phenoxy) is 2. The Morgan fingerprint density at radius 2 is 2.16 bits per heavy atom. The Kier molecular flexibility index (Phi) is 4.59. The van der Waals surface area contributed by atoms with Gasteiger partial charge < -0.3 is 9.47 Å². The molecule has 1 aromatic carbocycles. The highest BCUT2D eigenvalue weighted by atomic mass is 16.5. The van der Waals surface area contributed by atoms with Gasteiger partial charge in [0.2, 0.25) is 0 Å². The van der Waals surface area contributed by atoms with Crippen LogP contribution in [0.3, 0.4) is 0 Å². The molecule has 2 rings (SSSR count). The molecule has 1 aliphatic rings. The van der Waals surface area contributed by atoms with Crippen LogP contribution in [0.25, 0.3) is 0 Å². The second-order valence-corrected chi connectivity index (χ2v) is 5.35. The number of ketones is 1. The molecule has 1 saturated carbocycles. The summed E-state index contributed by atoms with van der Waals surface area (Å²) in [7, 11) is 0. The Morgan fingerprint density at radius 1 is 1.37 bits per heavy atom. The Balaban J connectivity index is 1.97.